The minimum Gasteiger partial charge on any atom is -0.395 e. The third-order valence-electron chi connectivity index (χ3n) is 1.98. The number of thioether (sulfide) groups is 1. The zero-order chi connectivity index (χ0) is 11.4. The molecule has 4 nitrogen and oxygen atoms in total. The van der Waals surface area contributed by atoms with E-state index in [4.69, 9.17) is 10.8 Å². The highest BCUT2D eigenvalue weighted by molar-refractivity contribution is 7.99. The summed E-state index contributed by atoms with van der Waals surface area (Å²) in [4.78, 5) is 11.5. The fourth-order valence-electron chi connectivity index (χ4n) is 0.923. The maximum atomic E-state index is 11.5. The average Bonchev–Trinajstić information content (AvgIpc) is 2.04. The molecule has 5 heteroatoms. The summed E-state index contributed by atoms with van der Waals surface area (Å²) in [5, 5.41) is 11.8. The van der Waals surface area contributed by atoms with Crippen LogP contribution in [0.25, 0.3) is 0 Å². The molecule has 0 heterocycles. The third kappa shape index (κ3) is 4.30. The molecular weight excluding hydrogens is 200 g/mol. The second-order valence-electron chi connectivity index (χ2n) is 3.94. The molecule has 0 aliphatic heterocycles. The van der Waals surface area contributed by atoms with Crippen LogP contribution in [-0.2, 0) is 4.79 Å². The molecule has 1 amide bonds. The summed E-state index contributed by atoms with van der Waals surface area (Å²) in [5.74, 6) is -0.197. The number of nitrogens with one attached hydrogen (secondary N) is 1. The lowest BCUT2D eigenvalue weighted by Crippen LogP contribution is -2.53. The molecule has 0 aromatic heterocycles. The highest BCUT2D eigenvalue weighted by Gasteiger charge is 2.25. The van der Waals surface area contributed by atoms with Crippen molar-refractivity contribution in [3.63, 3.8) is 0 Å². The molecule has 0 spiro atoms. The normalized spacial score (nSPS) is 16.1. The molecule has 0 bridgehead atoms. The molecule has 0 fully saturated rings. The Hall–Kier alpha value is -0.260. The standard InChI is InChI=1S/C9H20N2O2S/c1-6(7(5-12)14-4)11-8(13)9(2,3)10/h6-7,12H,5,10H2,1-4H3,(H,11,13). The zero-order valence-corrected chi connectivity index (χ0v) is 10.0. The topological polar surface area (TPSA) is 75.3 Å². The van der Waals surface area contributed by atoms with Crippen molar-refractivity contribution in [3.05, 3.63) is 0 Å². The number of hydrogen-bond acceptors (Lipinski definition) is 4. The Balaban J connectivity index is 4.18. The van der Waals surface area contributed by atoms with Crippen LogP contribution in [0, 0.1) is 0 Å². The summed E-state index contributed by atoms with van der Waals surface area (Å²) in [5.41, 5.74) is 4.76. The largest absolute Gasteiger partial charge is 0.395 e. The molecule has 84 valence electrons. The maximum absolute atomic E-state index is 11.5. The first kappa shape index (κ1) is 13.7. The van der Waals surface area contributed by atoms with Gasteiger partial charge in [-0.2, -0.15) is 11.8 Å². The van der Waals surface area contributed by atoms with Crippen LogP contribution in [-0.4, -0.2) is 40.7 Å². The number of carbonyl (C=O) groups excluding carboxylic acids is 1. The average molecular weight is 220 g/mol. The van der Waals surface area contributed by atoms with Crippen LogP contribution in [0.5, 0.6) is 0 Å². The molecule has 0 aliphatic carbocycles. The Labute approximate surface area is 89.6 Å². The van der Waals surface area contributed by atoms with Crippen LogP contribution < -0.4 is 11.1 Å². The lowest BCUT2D eigenvalue weighted by atomic mass is 10.1. The molecule has 4 N–H and O–H groups in total. The second-order valence-corrected chi connectivity index (χ2v) is 5.02. The first-order chi connectivity index (χ1) is 6.32. The molecule has 0 radical (unpaired) electrons. The van der Waals surface area contributed by atoms with E-state index in [0.29, 0.717) is 0 Å². The Kier molecular flexibility index (Phi) is 5.48. The van der Waals surface area contributed by atoms with Gasteiger partial charge in [-0.15, -0.1) is 0 Å². The van der Waals surface area contributed by atoms with Gasteiger partial charge in [0.25, 0.3) is 0 Å². The molecule has 2 unspecified atom stereocenters. The SMILES string of the molecule is CSC(CO)C(C)NC(=O)C(C)(C)N. The van der Waals surface area contributed by atoms with Gasteiger partial charge in [-0.25, -0.2) is 0 Å². The molecule has 2 atom stereocenters. The summed E-state index contributed by atoms with van der Waals surface area (Å²) >= 11 is 1.53. The van der Waals surface area contributed by atoms with Crippen LogP contribution in [0.1, 0.15) is 20.8 Å². The van der Waals surface area contributed by atoms with Crippen molar-refractivity contribution < 1.29 is 9.90 Å². The number of aliphatic hydroxyl groups is 1. The quantitative estimate of drug-likeness (QED) is 0.607. The van der Waals surface area contributed by atoms with Crippen molar-refractivity contribution in [1.29, 1.82) is 0 Å². The van der Waals surface area contributed by atoms with Crippen molar-refractivity contribution in [2.45, 2.75) is 37.6 Å². The van der Waals surface area contributed by atoms with Crippen molar-refractivity contribution in [1.82, 2.24) is 5.32 Å². The Bertz CT molecular complexity index is 188. The number of hydrogen-bond donors (Lipinski definition) is 3. The number of carbonyl (C=O) groups is 1. The van der Waals surface area contributed by atoms with Gasteiger partial charge in [0.1, 0.15) is 0 Å². The summed E-state index contributed by atoms with van der Waals surface area (Å²) in [6.45, 7) is 5.22. The van der Waals surface area contributed by atoms with Gasteiger partial charge in [-0.1, -0.05) is 0 Å². The van der Waals surface area contributed by atoms with Crippen molar-refractivity contribution >= 4 is 17.7 Å². The monoisotopic (exact) mass is 220 g/mol. The molecule has 0 aliphatic rings. The number of aliphatic hydroxyl groups excluding tert-OH is 1. The number of amides is 1. The van der Waals surface area contributed by atoms with Gasteiger partial charge in [0, 0.05) is 11.3 Å². The molecule has 0 aromatic rings. The van der Waals surface area contributed by atoms with Crippen LogP contribution in [0.2, 0.25) is 0 Å². The van der Waals surface area contributed by atoms with Gasteiger partial charge in [0.05, 0.1) is 12.1 Å². The molecule has 0 saturated carbocycles. The third-order valence-corrected chi connectivity index (χ3v) is 3.15. The van der Waals surface area contributed by atoms with Gasteiger partial charge in [0.2, 0.25) is 5.91 Å². The summed E-state index contributed by atoms with van der Waals surface area (Å²) in [6, 6.07) is -0.0784. The Morgan fingerprint density at radius 2 is 2.14 bits per heavy atom. The predicted molar refractivity (Wildman–Crippen MR) is 60.3 cm³/mol. The highest BCUT2D eigenvalue weighted by Crippen LogP contribution is 2.11. The van der Waals surface area contributed by atoms with Gasteiger partial charge in [-0.3, -0.25) is 4.79 Å². The number of nitrogens with two attached hydrogens (primary N) is 1. The van der Waals surface area contributed by atoms with Gasteiger partial charge in [0.15, 0.2) is 0 Å². The highest BCUT2D eigenvalue weighted by atomic mass is 32.2. The second kappa shape index (κ2) is 5.58. The Morgan fingerprint density at radius 1 is 1.64 bits per heavy atom. The minimum atomic E-state index is -0.868. The molecule has 0 rings (SSSR count). The lowest BCUT2D eigenvalue weighted by Gasteiger charge is -2.25. The fourth-order valence-corrected chi connectivity index (χ4v) is 1.55. The first-order valence-electron chi connectivity index (χ1n) is 4.56. The van der Waals surface area contributed by atoms with E-state index in [2.05, 4.69) is 5.32 Å². The maximum Gasteiger partial charge on any atom is 0.239 e. The lowest BCUT2D eigenvalue weighted by molar-refractivity contribution is -0.125. The van der Waals surface area contributed by atoms with E-state index in [9.17, 15) is 4.79 Å². The predicted octanol–water partition coefficient (Wildman–Crippen LogP) is -0.0477. The first-order valence-corrected chi connectivity index (χ1v) is 5.85. The summed E-state index contributed by atoms with van der Waals surface area (Å²) in [6.07, 6.45) is 1.90. The van der Waals surface area contributed by atoms with Gasteiger partial charge in [-0.05, 0) is 27.0 Å². The zero-order valence-electron chi connectivity index (χ0n) is 9.20. The van der Waals surface area contributed by atoms with E-state index in [1.165, 1.54) is 11.8 Å². The summed E-state index contributed by atoms with van der Waals surface area (Å²) < 4.78 is 0. The van der Waals surface area contributed by atoms with E-state index >= 15 is 0 Å². The molecular formula is C9H20N2O2S. The number of rotatable bonds is 5. The van der Waals surface area contributed by atoms with Crippen molar-refractivity contribution in [3.8, 4) is 0 Å². The van der Waals surface area contributed by atoms with E-state index in [0.717, 1.165) is 0 Å². The molecule has 0 aromatic carbocycles. The van der Waals surface area contributed by atoms with E-state index in [-0.39, 0.29) is 23.8 Å². The van der Waals surface area contributed by atoms with Crippen LogP contribution in [0.15, 0.2) is 0 Å². The van der Waals surface area contributed by atoms with Crippen molar-refractivity contribution in [2.24, 2.45) is 5.73 Å². The van der Waals surface area contributed by atoms with E-state index in [1.807, 2.05) is 13.2 Å². The van der Waals surface area contributed by atoms with Crippen LogP contribution >= 0.6 is 11.8 Å². The summed E-state index contributed by atoms with van der Waals surface area (Å²) in [7, 11) is 0. The van der Waals surface area contributed by atoms with E-state index < -0.39 is 5.54 Å². The fraction of sp³-hybridized carbons (Fsp3) is 0.889. The smallest absolute Gasteiger partial charge is 0.239 e. The van der Waals surface area contributed by atoms with Crippen molar-refractivity contribution in [2.75, 3.05) is 12.9 Å². The van der Waals surface area contributed by atoms with Crippen LogP contribution in [0.3, 0.4) is 0 Å². The van der Waals surface area contributed by atoms with E-state index in [1.54, 1.807) is 13.8 Å². The molecule has 0 saturated heterocycles. The minimum absolute atomic E-state index is 0.0151. The van der Waals surface area contributed by atoms with Gasteiger partial charge >= 0.3 is 0 Å². The Morgan fingerprint density at radius 3 is 2.43 bits per heavy atom. The van der Waals surface area contributed by atoms with Gasteiger partial charge < -0.3 is 16.2 Å². The van der Waals surface area contributed by atoms with Crippen LogP contribution in [0.4, 0.5) is 0 Å². The molecule has 14 heavy (non-hydrogen) atoms.